The van der Waals surface area contributed by atoms with Crippen LogP contribution in [0.4, 0.5) is 4.39 Å². The van der Waals surface area contributed by atoms with E-state index >= 15 is 0 Å². The quantitative estimate of drug-likeness (QED) is 0.828. The number of hydrogen-bond donors (Lipinski definition) is 2. The molecule has 26 heavy (non-hydrogen) atoms. The van der Waals surface area contributed by atoms with E-state index in [-0.39, 0.29) is 5.75 Å². The number of rotatable bonds is 6. The summed E-state index contributed by atoms with van der Waals surface area (Å²) in [6.07, 6.45) is -0.292. The standard InChI is InChI=1S/C19H18FNO5/c1-11(26-15-4-2-3-14(20)10-15)18(22)21-17(19(23)24)13-5-6-16-12(9-13)7-8-25-16/h2-6,9-11,17H,7-8H2,1H3,(H,21,22)(H,23,24). The smallest absolute Gasteiger partial charge is 0.330 e. The third kappa shape index (κ3) is 3.93. The van der Waals surface area contributed by atoms with Crippen LogP contribution in [-0.2, 0) is 16.0 Å². The van der Waals surface area contributed by atoms with Crippen LogP contribution in [0.1, 0.15) is 24.1 Å². The lowest BCUT2D eigenvalue weighted by molar-refractivity contribution is -0.143. The van der Waals surface area contributed by atoms with Crippen molar-refractivity contribution in [2.24, 2.45) is 0 Å². The molecule has 2 N–H and O–H groups in total. The first-order valence-corrected chi connectivity index (χ1v) is 8.15. The Bertz CT molecular complexity index is 838. The van der Waals surface area contributed by atoms with E-state index in [4.69, 9.17) is 9.47 Å². The van der Waals surface area contributed by atoms with Crippen molar-refractivity contribution >= 4 is 11.9 Å². The Labute approximate surface area is 149 Å². The predicted octanol–water partition coefficient (Wildman–Crippen LogP) is 2.47. The van der Waals surface area contributed by atoms with Gasteiger partial charge in [-0.2, -0.15) is 0 Å². The first kappa shape index (κ1) is 17.7. The molecule has 1 aliphatic heterocycles. The van der Waals surface area contributed by atoms with Gasteiger partial charge in [-0.1, -0.05) is 12.1 Å². The molecule has 2 aromatic rings. The summed E-state index contributed by atoms with van der Waals surface area (Å²) in [5.41, 5.74) is 1.36. The number of carboxylic acid groups (broad SMARTS) is 1. The maximum atomic E-state index is 13.2. The van der Waals surface area contributed by atoms with E-state index in [1.165, 1.54) is 25.1 Å². The van der Waals surface area contributed by atoms with Crippen LogP contribution in [-0.4, -0.2) is 29.7 Å². The van der Waals surface area contributed by atoms with Crippen molar-refractivity contribution in [1.82, 2.24) is 5.32 Å². The molecule has 0 radical (unpaired) electrons. The van der Waals surface area contributed by atoms with Crippen molar-refractivity contribution in [1.29, 1.82) is 0 Å². The van der Waals surface area contributed by atoms with Crippen LogP contribution < -0.4 is 14.8 Å². The minimum absolute atomic E-state index is 0.189. The van der Waals surface area contributed by atoms with Crippen molar-refractivity contribution in [3.05, 3.63) is 59.4 Å². The second kappa shape index (κ2) is 7.43. The summed E-state index contributed by atoms with van der Waals surface area (Å²) in [7, 11) is 0. The predicted molar refractivity (Wildman–Crippen MR) is 90.7 cm³/mol. The molecule has 0 spiro atoms. The molecule has 1 amide bonds. The van der Waals surface area contributed by atoms with Crippen LogP contribution in [0.25, 0.3) is 0 Å². The topological polar surface area (TPSA) is 84.9 Å². The average molecular weight is 359 g/mol. The van der Waals surface area contributed by atoms with E-state index in [0.717, 1.165) is 17.4 Å². The summed E-state index contributed by atoms with van der Waals surface area (Å²) in [6.45, 7) is 2.02. The first-order chi connectivity index (χ1) is 12.4. The summed E-state index contributed by atoms with van der Waals surface area (Å²) in [4.78, 5) is 24.0. The summed E-state index contributed by atoms with van der Waals surface area (Å²) in [5, 5.41) is 12.0. The van der Waals surface area contributed by atoms with E-state index in [9.17, 15) is 19.1 Å². The molecule has 1 heterocycles. The highest BCUT2D eigenvalue weighted by Crippen LogP contribution is 2.28. The average Bonchev–Trinajstić information content (AvgIpc) is 3.06. The largest absolute Gasteiger partial charge is 0.493 e. The van der Waals surface area contributed by atoms with Crippen LogP contribution >= 0.6 is 0 Å². The van der Waals surface area contributed by atoms with Crippen molar-refractivity contribution in [3.63, 3.8) is 0 Å². The maximum Gasteiger partial charge on any atom is 0.330 e. The molecular weight excluding hydrogens is 341 g/mol. The fourth-order valence-electron chi connectivity index (χ4n) is 2.73. The number of benzene rings is 2. The second-order valence-electron chi connectivity index (χ2n) is 5.96. The number of aliphatic carboxylic acids is 1. The monoisotopic (exact) mass is 359 g/mol. The maximum absolute atomic E-state index is 13.2. The zero-order chi connectivity index (χ0) is 18.7. The Balaban J connectivity index is 1.71. The zero-order valence-electron chi connectivity index (χ0n) is 14.1. The number of hydrogen-bond acceptors (Lipinski definition) is 4. The molecule has 1 aliphatic rings. The third-order valence-electron chi connectivity index (χ3n) is 4.06. The SMILES string of the molecule is CC(Oc1cccc(F)c1)C(=O)NC(C(=O)O)c1ccc2c(c1)CCO2. The summed E-state index contributed by atoms with van der Waals surface area (Å²) < 4.78 is 24.0. The van der Waals surface area contributed by atoms with Gasteiger partial charge in [0.25, 0.3) is 5.91 Å². The van der Waals surface area contributed by atoms with Gasteiger partial charge in [-0.05, 0) is 42.3 Å². The van der Waals surface area contributed by atoms with E-state index < -0.39 is 29.8 Å². The molecule has 0 aliphatic carbocycles. The number of amides is 1. The Morgan fingerprint density at radius 2 is 2.08 bits per heavy atom. The number of ether oxygens (including phenoxy) is 2. The molecule has 0 aromatic heterocycles. The van der Waals surface area contributed by atoms with Crippen LogP contribution in [0.15, 0.2) is 42.5 Å². The first-order valence-electron chi connectivity index (χ1n) is 8.15. The van der Waals surface area contributed by atoms with Gasteiger partial charge in [0.1, 0.15) is 17.3 Å². The van der Waals surface area contributed by atoms with Gasteiger partial charge in [-0.25, -0.2) is 9.18 Å². The summed E-state index contributed by atoms with van der Waals surface area (Å²) in [5.74, 6) is -1.37. The lowest BCUT2D eigenvalue weighted by Gasteiger charge is -2.19. The van der Waals surface area contributed by atoms with E-state index in [2.05, 4.69) is 5.32 Å². The molecule has 0 bridgehead atoms. The molecule has 3 rings (SSSR count). The number of nitrogens with one attached hydrogen (secondary N) is 1. The van der Waals surface area contributed by atoms with Gasteiger partial charge in [-0.3, -0.25) is 4.79 Å². The van der Waals surface area contributed by atoms with Crippen LogP contribution in [0, 0.1) is 5.82 Å². The van der Waals surface area contributed by atoms with Crippen LogP contribution in [0.5, 0.6) is 11.5 Å². The Hall–Kier alpha value is -3.09. The number of carbonyl (C=O) groups is 2. The molecule has 0 fully saturated rings. The third-order valence-corrected chi connectivity index (χ3v) is 4.06. The van der Waals surface area contributed by atoms with Gasteiger partial charge in [0.05, 0.1) is 6.61 Å². The molecule has 6 nitrogen and oxygen atoms in total. The van der Waals surface area contributed by atoms with Crippen LogP contribution in [0.3, 0.4) is 0 Å². The van der Waals surface area contributed by atoms with Crippen molar-refractivity contribution in [2.45, 2.75) is 25.5 Å². The van der Waals surface area contributed by atoms with Crippen LogP contribution in [0.2, 0.25) is 0 Å². The molecule has 0 saturated heterocycles. The highest BCUT2D eigenvalue weighted by atomic mass is 19.1. The minimum Gasteiger partial charge on any atom is -0.493 e. The minimum atomic E-state index is -1.22. The molecule has 136 valence electrons. The Morgan fingerprint density at radius 1 is 1.27 bits per heavy atom. The van der Waals surface area contributed by atoms with E-state index in [1.54, 1.807) is 18.2 Å². The van der Waals surface area contributed by atoms with Gasteiger partial charge in [-0.15, -0.1) is 0 Å². The summed E-state index contributed by atoms with van der Waals surface area (Å²) >= 11 is 0. The molecule has 0 saturated carbocycles. The van der Waals surface area contributed by atoms with Gasteiger partial charge in [0.15, 0.2) is 12.1 Å². The second-order valence-corrected chi connectivity index (χ2v) is 5.96. The number of halogens is 1. The Morgan fingerprint density at radius 3 is 2.81 bits per heavy atom. The lowest BCUT2D eigenvalue weighted by Crippen LogP contribution is -2.41. The number of carbonyl (C=O) groups excluding carboxylic acids is 1. The molecule has 2 atom stereocenters. The fraction of sp³-hybridized carbons (Fsp3) is 0.263. The van der Waals surface area contributed by atoms with Crippen molar-refractivity contribution in [3.8, 4) is 11.5 Å². The fourth-order valence-corrected chi connectivity index (χ4v) is 2.73. The number of carboxylic acids is 1. The molecule has 2 aromatic carbocycles. The van der Waals surface area contributed by atoms with Gasteiger partial charge >= 0.3 is 5.97 Å². The van der Waals surface area contributed by atoms with Crippen molar-refractivity contribution < 1.29 is 28.6 Å². The highest BCUT2D eigenvalue weighted by Gasteiger charge is 2.27. The van der Waals surface area contributed by atoms with Gasteiger partial charge in [0, 0.05) is 12.5 Å². The van der Waals surface area contributed by atoms with Gasteiger partial charge < -0.3 is 19.9 Å². The van der Waals surface area contributed by atoms with E-state index in [0.29, 0.717) is 18.6 Å². The number of fused-ring (bicyclic) bond motifs is 1. The molecular formula is C19H18FNO5. The van der Waals surface area contributed by atoms with Crippen molar-refractivity contribution in [2.75, 3.05) is 6.61 Å². The zero-order valence-corrected chi connectivity index (χ0v) is 14.1. The normalized spacial score (nSPS) is 14.7. The highest BCUT2D eigenvalue weighted by molar-refractivity contribution is 5.87. The molecule has 2 unspecified atom stereocenters. The lowest BCUT2D eigenvalue weighted by atomic mass is 10.0. The van der Waals surface area contributed by atoms with Gasteiger partial charge in [0.2, 0.25) is 0 Å². The van der Waals surface area contributed by atoms with E-state index in [1.807, 2.05) is 0 Å². The molecule has 7 heteroatoms. The summed E-state index contributed by atoms with van der Waals surface area (Å²) in [6, 6.07) is 9.21. The Kier molecular flexibility index (Phi) is 5.06.